The van der Waals surface area contributed by atoms with Crippen molar-refractivity contribution >= 4 is 29.8 Å². The second-order valence-electron chi connectivity index (χ2n) is 6.12. The third-order valence-electron chi connectivity index (χ3n) is 4.20. The molecule has 27 heavy (non-hydrogen) atoms. The van der Waals surface area contributed by atoms with Crippen molar-refractivity contribution in [2.45, 2.75) is 12.5 Å². The number of carbonyl (C=O) groups excluding carboxylic acids is 2. The van der Waals surface area contributed by atoms with Gasteiger partial charge in [-0.25, -0.2) is 4.68 Å². The summed E-state index contributed by atoms with van der Waals surface area (Å²) < 4.78 is 1.63. The predicted molar refractivity (Wildman–Crippen MR) is 102 cm³/mol. The van der Waals surface area contributed by atoms with E-state index in [0.717, 1.165) is 11.1 Å². The van der Waals surface area contributed by atoms with E-state index >= 15 is 0 Å². The average Bonchev–Trinajstić information content (AvgIpc) is 3.09. The summed E-state index contributed by atoms with van der Waals surface area (Å²) in [6.07, 6.45) is 3.39. The predicted octanol–water partition coefficient (Wildman–Crippen LogP) is 2.86. The molecule has 1 atom stereocenters. The van der Waals surface area contributed by atoms with E-state index in [1.54, 1.807) is 10.8 Å². The van der Waals surface area contributed by atoms with E-state index < -0.39 is 0 Å². The molecule has 1 aliphatic heterocycles. The standard InChI is InChI=1S/C20H17N5O2/c26-17(12-11-14-7-3-1-4-8-14)21-19-23-20-22-18(27)13-16(25(20)24-19)15-9-5-2-6-10-15/h1-12,16H,13H2,(H2,21,22,23,24,26,27)/b12-11+/t16-/m0/s1. The van der Waals surface area contributed by atoms with Gasteiger partial charge < -0.3 is 0 Å². The molecule has 0 bridgehead atoms. The Labute approximate surface area is 155 Å². The molecule has 2 aromatic carbocycles. The van der Waals surface area contributed by atoms with Crippen molar-refractivity contribution in [1.82, 2.24) is 14.8 Å². The number of hydrogen-bond acceptors (Lipinski definition) is 4. The fourth-order valence-corrected chi connectivity index (χ4v) is 2.94. The Morgan fingerprint density at radius 3 is 2.56 bits per heavy atom. The van der Waals surface area contributed by atoms with Gasteiger partial charge in [0.05, 0.1) is 12.5 Å². The highest BCUT2D eigenvalue weighted by molar-refractivity contribution is 6.01. The third-order valence-corrected chi connectivity index (χ3v) is 4.20. The number of hydrogen-bond donors (Lipinski definition) is 2. The van der Waals surface area contributed by atoms with E-state index in [1.165, 1.54) is 6.08 Å². The highest BCUT2D eigenvalue weighted by Crippen LogP contribution is 2.29. The Hall–Kier alpha value is -3.74. The fraction of sp³-hybridized carbons (Fsp3) is 0.100. The Kier molecular flexibility index (Phi) is 4.49. The van der Waals surface area contributed by atoms with Crippen molar-refractivity contribution in [2.24, 2.45) is 0 Å². The Bertz CT molecular complexity index is 996. The summed E-state index contributed by atoms with van der Waals surface area (Å²) in [6, 6.07) is 18.9. The molecule has 1 aromatic heterocycles. The van der Waals surface area contributed by atoms with Gasteiger partial charge in [-0.15, -0.1) is 5.10 Å². The number of rotatable bonds is 4. The molecule has 0 fully saturated rings. The summed E-state index contributed by atoms with van der Waals surface area (Å²) in [7, 11) is 0. The van der Waals surface area contributed by atoms with Gasteiger partial charge in [-0.1, -0.05) is 60.7 Å². The van der Waals surface area contributed by atoms with Gasteiger partial charge in [0.15, 0.2) is 0 Å². The topological polar surface area (TPSA) is 88.9 Å². The van der Waals surface area contributed by atoms with Gasteiger partial charge in [0.2, 0.25) is 11.9 Å². The van der Waals surface area contributed by atoms with E-state index in [-0.39, 0.29) is 30.2 Å². The number of aromatic nitrogens is 3. The van der Waals surface area contributed by atoms with Gasteiger partial charge in [0, 0.05) is 6.08 Å². The molecule has 2 heterocycles. The molecule has 7 nitrogen and oxygen atoms in total. The zero-order valence-corrected chi connectivity index (χ0v) is 14.4. The van der Waals surface area contributed by atoms with E-state index in [2.05, 4.69) is 20.7 Å². The SMILES string of the molecule is O=C(/C=C/c1ccccc1)Nc1nc2n(n1)[C@H](c1ccccc1)CC(=O)N2. The molecule has 2 N–H and O–H groups in total. The first kappa shape index (κ1) is 16.7. The lowest BCUT2D eigenvalue weighted by atomic mass is 10.0. The summed E-state index contributed by atoms with van der Waals surface area (Å²) in [5.74, 6) is -0.00623. The van der Waals surface area contributed by atoms with E-state index in [1.807, 2.05) is 60.7 Å². The van der Waals surface area contributed by atoms with Crippen LogP contribution in [-0.2, 0) is 9.59 Å². The van der Waals surface area contributed by atoms with Crippen molar-refractivity contribution in [1.29, 1.82) is 0 Å². The van der Waals surface area contributed by atoms with Crippen LogP contribution >= 0.6 is 0 Å². The molecule has 0 saturated heterocycles. The first-order valence-electron chi connectivity index (χ1n) is 8.54. The lowest BCUT2D eigenvalue weighted by Crippen LogP contribution is -2.29. The minimum absolute atomic E-state index is 0.134. The Balaban J connectivity index is 1.53. The molecule has 134 valence electrons. The van der Waals surface area contributed by atoms with Crippen LogP contribution in [-0.4, -0.2) is 26.6 Å². The average molecular weight is 359 g/mol. The molecule has 2 amide bonds. The van der Waals surface area contributed by atoms with Gasteiger partial charge >= 0.3 is 0 Å². The van der Waals surface area contributed by atoms with Crippen LogP contribution in [0, 0.1) is 0 Å². The van der Waals surface area contributed by atoms with Gasteiger partial charge in [-0.2, -0.15) is 4.98 Å². The summed E-state index contributed by atoms with van der Waals surface area (Å²) in [6.45, 7) is 0. The summed E-state index contributed by atoms with van der Waals surface area (Å²) in [5, 5.41) is 9.69. The smallest absolute Gasteiger partial charge is 0.250 e. The van der Waals surface area contributed by atoms with Gasteiger partial charge in [0.1, 0.15) is 0 Å². The first-order chi connectivity index (χ1) is 13.2. The lowest BCUT2D eigenvalue weighted by molar-refractivity contribution is -0.117. The van der Waals surface area contributed by atoms with E-state index in [9.17, 15) is 9.59 Å². The lowest BCUT2D eigenvalue weighted by Gasteiger charge is -2.23. The zero-order chi connectivity index (χ0) is 18.6. The third kappa shape index (κ3) is 3.77. The fourth-order valence-electron chi connectivity index (χ4n) is 2.94. The van der Waals surface area contributed by atoms with Crippen LogP contribution in [0.25, 0.3) is 6.08 Å². The minimum Gasteiger partial charge on any atom is -0.295 e. The molecule has 0 radical (unpaired) electrons. The maximum absolute atomic E-state index is 12.1. The highest BCUT2D eigenvalue weighted by Gasteiger charge is 2.29. The Morgan fingerprint density at radius 1 is 1.11 bits per heavy atom. The van der Waals surface area contributed by atoms with Crippen LogP contribution < -0.4 is 10.6 Å². The number of fused-ring (bicyclic) bond motifs is 1. The number of carbonyl (C=O) groups is 2. The quantitative estimate of drug-likeness (QED) is 0.701. The number of nitrogens with zero attached hydrogens (tertiary/aromatic N) is 3. The molecule has 1 aliphatic rings. The number of benzene rings is 2. The summed E-state index contributed by atoms with van der Waals surface area (Å²) >= 11 is 0. The van der Waals surface area contributed by atoms with Crippen LogP contribution in [0.1, 0.15) is 23.6 Å². The molecule has 0 spiro atoms. The largest absolute Gasteiger partial charge is 0.295 e. The van der Waals surface area contributed by atoms with Crippen molar-refractivity contribution in [2.75, 3.05) is 10.6 Å². The molecule has 0 aliphatic carbocycles. The Morgan fingerprint density at radius 2 is 1.81 bits per heavy atom. The van der Waals surface area contributed by atoms with E-state index in [0.29, 0.717) is 5.95 Å². The van der Waals surface area contributed by atoms with Gasteiger partial charge in [-0.3, -0.25) is 20.2 Å². The molecular weight excluding hydrogens is 342 g/mol. The molecule has 7 heteroatoms. The van der Waals surface area contributed by atoms with Crippen molar-refractivity contribution in [3.63, 3.8) is 0 Å². The maximum Gasteiger partial charge on any atom is 0.250 e. The van der Waals surface area contributed by atoms with Crippen LogP contribution in [0.3, 0.4) is 0 Å². The minimum atomic E-state index is -0.343. The van der Waals surface area contributed by atoms with Crippen LogP contribution in [0.5, 0.6) is 0 Å². The van der Waals surface area contributed by atoms with Gasteiger partial charge in [0.25, 0.3) is 11.9 Å². The number of amides is 2. The normalized spacial score (nSPS) is 16.0. The van der Waals surface area contributed by atoms with Crippen LogP contribution in [0.4, 0.5) is 11.9 Å². The molecule has 0 unspecified atom stereocenters. The van der Waals surface area contributed by atoms with Crippen LogP contribution in [0.2, 0.25) is 0 Å². The highest BCUT2D eigenvalue weighted by atomic mass is 16.2. The monoisotopic (exact) mass is 359 g/mol. The second-order valence-corrected chi connectivity index (χ2v) is 6.12. The van der Waals surface area contributed by atoms with Crippen LogP contribution in [0.15, 0.2) is 66.7 Å². The maximum atomic E-state index is 12.1. The number of anilines is 2. The van der Waals surface area contributed by atoms with Crippen molar-refractivity contribution < 1.29 is 9.59 Å². The van der Waals surface area contributed by atoms with Crippen molar-refractivity contribution in [3.05, 3.63) is 77.9 Å². The molecular formula is C20H17N5O2. The molecule has 0 saturated carbocycles. The first-order valence-corrected chi connectivity index (χ1v) is 8.54. The molecule has 4 rings (SSSR count). The second kappa shape index (κ2) is 7.25. The summed E-state index contributed by atoms with van der Waals surface area (Å²) in [4.78, 5) is 28.4. The van der Waals surface area contributed by atoms with Gasteiger partial charge in [-0.05, 0) is 17.2 Å². The van der Waals surface area contributed by atoms with Crippen molar-refractivity contribution in [3.8, 4) is 0 Å². The summed E-state index contributed by atoms with van der Waals surface area (Å²) in [5.41, 5.74) is 1.88. The zero-order valence-electron chi connectivity index (χ0n) is 14.4. The molecule has 3 aromatic rings. The number of nitrogens with one attached hydrogen (secondary N) is 2. The van der Waals surface area contributed by atoms with E-state index in [4.69, 9.17) is 0 Å².